The van der Waals surface area contributed by atoms with E-state index < -0.39 is 5.97 Å². The van der Waals surface area contributed by atoms with Crippen molar-refractivity contribution in [3.63, 3.8) is 0 Å². The van der Waals surface area contributed by atoms with Crippen LogP contribution in [-0.2, 0) is 17.8 Å². The molecule has 0 fully saturated rings. The van der Waals surface area contributed by atoms with Crippen molar-refractivity contribution >= 4 is 5.97 Å². The number of aromatic nitrogens is 2. The average molecular weight is 192 g/mol. The normalized spacial score (nSPS) is 9.29. The molecule has 0 aliphatic rings. The van der Waals surface area contributed by atoms with Gasteiger partial charge in [-0.2, -0.15) is 5.10 Å². The highest BCUT2D eigenvalue weighted by atomic mass is 16.4. The summed E-state index contributed by atoms with van der Waals surface area (Å²) in [4.78, 5) is 10.2. The topological polar surface area (TPSA) is 55.1 Å². The predicted octanol–water partition coefficient (Wildman–Crippen LogP) is 0.901. The van der Waals surface area contributed by atoms with Crippen molar-refractivity contribution in [2.45, 2.75) is 26.8 Å². The molecule has 74 valence electrons. The molecule has 0 atom stereocenters. The van der Waals surface area contributed by atoms with Crippen LogP contribution >= 0.6 is 0 Å². The second-order valence-electron chi connectivity index (χ2n) is 2.75. The summed E-state index contributed by atoms with van der Waals surface area (Å²) in [6.45, 7) is 4.64. The van der Waals surface area contributed by atoms with Crippen LogP contribution in [0.2, 0.25) is 0 Å². The lowest BCUT2D eigenvalue weighted by atomic mass is 10.3. The number of rotatable bonds is 2. The first kappa shape index (κ1) is 10.3. The summed E-state index contributed by atoms with van der Waals surface area (Å²) in [7, 11) is 0. The van der Waals surface area contributed by atoms with Gasteiger partial charge in [-0.1, -0.05) is 6.92 Å². The Bertz CT molecular complexity index is 396. The van der Waals surface area contributed by atoms with Gasteiger partial charge in [0.2, 0.25) is 0 Å². The van der Waals surface area contributed by atoms with Gasteiger partial charge in [-0.3, -0.25) is 4.68 Å². The van der Waals surface area contributed by atoms with Crippen LogP contribution in [-0.4, -0.2) is 20.9 Å². The Morgan fingerprint density at radius 2 is 2.36 bits per heavy atom. The van der Waals surface area contributed by atoms with Gasteiger partial charge in [0.15, 0.2) is 0 Å². The minimum Gasteiger partial charge on any atom is -0.472 e. The Hall–Kier alpha value is -1.76. The monoisotopic (exact) mass is 192 g/mol. The fourth-order valence-corrected chi connectivity index (χ4v) is 1.10. The lowest BCUT2D eigenvalue weighted by Gasteiger charge is -1.95. The molecule has 0 amide bonds. The Kier molecular flexibility index (Phi) is 3.29. The smallest absolute Gasteiger partial charge is 0.382 e. The molecule has 0 saturated heterocycles. The minimum atomic E-state index is -1.12. The molecule has 14 heavy (non-hydrogen) atoms. The molecule has 1 N–H and O–H groups in total. The van der Waals surface area contributed by atoms with E-state index in [1.54, 1.807) is 4.68 Å². The van der Waals surface area contributed by atoms with Crippen LogP contribution in [0.15, 0.2) is 6.07 Å². The standard InChI is InChI=1S/C10H12N2O2/c1-3-8-7-9(5-6-10(13)14)12(4-2)11-8/h7H,3-4H2,1-2H3,(H,13,14). The summed E-state index contributed by atoms with van der Waals surface area (Å²) in [5, 5.41) is 12.6. The van der Waals surface area contributed by atoms with Crippen molar-refractivity contribution in [2.75, 3.05) is 0 Å². The highest BCUT2D eigenvalue weighted by Crippen LogP contribution is 2.03. The number of nitrogens with zero attached hydrogens (tertiary/aromatic N) is 2. The molecule has 0 aliphatic carbocycles. The second kappa shape index (κ2) is 4.47. The van der Waals surface area contributed by atoms with Crippen molar-refractivity contribution in [2.24, 2.45) is 0 Å². The highest BCUT2D eigenvalue weighted by molar-refractivity contribution is 5.87. The maximum Gasteiger partial charge on any atom is 0.382 e. The van der Waals surface area contributed by atoms with Crippen LogP contribution in [0, 0.1) is 11.8 Å². The number of carboxylic acid groups (broad SMARTS) is 1. The van der Waals surface area contributed by atoms with E-state index in [-0.39, 0.29) is 0 Å². The van der Waals surface area contributed by atoms with Gasteiger partial charge in [0.05, 0.1) is 5.69 Å². The quantitative estimate of drug-likeness (QED) is 0.708. The van der Waals surface area contributed by atoms with Crippen LogP contribution in [0.4, 0.5) is 0 Å². The number of hydrogen-bond acceptors (Lipinski definition) is 2. The van der Waals surface area contributed by atoms with Crippen molar-refractivity contribution in [3.8, 4) is 11.8 Å². The van der Waals surface area contributed by atoms with Crippen LogP contribution in [0.1, 0.15) is 25.2 Å². The first-order valence-corrected chi connectivity index (χ1v) is 4.49. The zero-order valence-corrected chi connectivity index (χ0v) is 8.24. The Labute approximate surface area is 82.5 Å². The van der Waals surface area contributed by atoms with Gasteiger partial charge in [-0.05, 0) is 25.3 Å². The molecule has 0 saturated carbocycles. The minimum absolute atomic E-state index is 0.659. The summed E-state index contributed by atoms with van der Waals surface area (Å²) >= 11 is 0. The van der Waals surface area contributed by atoms with Gasteiger partial charge in [-0.15, -0.1) is 0 Å². The van der Waals surface area contributed by atoms with Crippen molar-refractivity contribution in [1.29, 1.82) is 0 Å². The Morgan fingerprint density at radius 3 is 2.86 bits per heavy atom. The summed E-state index contributed by atoms with van der Waals surface area (Å²) in [5.41, 5.74) is 1.59. The van der Waals surface area contributed by atoms with Gasteiger partial charge in [-0.25, -0.2) is 4.79 Å². The van der Waals surface area contributed by atoms with Crippen LogP contribution in [0.5, 0.6) is 0 Å². The molecule has 0 aliphatic heterocycles. The zero-order chi connectivity index (χ0) is 10.6. The molecule has 1 rings (SSSR count). The number of carboxylic acids is 1. The number of carbonyl (C=O) groups is 1. The van der Waals surface area contributed by atoms with E-state index in [0.29, 0.717) is 12.2 Å². The summed E-state index contributed by atoms with van der Waals surface area (Å²) in [5.74, 6) is 3.53. The third kappa shape index (κ3) is 2.36. The fourth-order valence-electron chi connectivity index (χ4n) is 1.10. The molecule has 4 heteroatoms. The first-order chi connectivity index (χ1) is 6.67. The molecule has 1 aromatic heterocycles. The lowest BCUT2D eigenvalue weighted by Crippen LogP contribution is -2.00. The van der Waals surface area contributed by atoms with Gasteiger partial charge >= 0.3 is 5.97 Å². The van der Waals surface area contributed by atoms with Crippen LogP contribution in [0.3, 0.4) is 0 Å². The molecule has 1 heterocycles. The van der Waals surface area contributed by atoms with E-state index in [2.05, 4.69) is 16.9 Å². The average Bonchev–Trinajstić information content (AvgIpc) is 2.57. The predicted molar refractivity (Wildman–Crippen MR) is 51.8 cm³/mol. The molecule has 0 unspecified atom stereocenters. The molecule has 4 nitrogen and oxygen atoms in total. The van der Waals surface area contributed by atoms with Crippen molar-refractivity contribution in [1.82, 2.24) is 9.78 Å². The van der Waals surface area contributed by atoms with E-state index in [1.807, 2.05) is 19.9 Å². The summed E-state index contributed by atoms with van der Waals surface area (Å²) in [6.07, 6.45) is 0.828. The maximum absolute atomic E-state index is 10.2. The Balaban J connectivity index is 3.02. The van der Waals surface area contributed by atoms with Crippen LogP contribution in [0.25, 0.3) is 0 Å². The largest absolute Gasteiger partial charge is 0.472 e. The highest BCUT2D eigenvalue weighted by Gasteiger charge is 2.02. The van der Waals surface area contributed by atoms with Gasteiger partial charge < -0.3 is 5.11 Å². The van der Waals surface area contributed by atoms with Crippen molar-refractivity contribution < 1.29 is 9.90 Å². The number of aliphatic carboxylic acids is 1. The molecular formula is C10H12N2O2. The third-order valence-corrected chi connectivity index (χ3v) is 1.79. The number of aryl methyl sites for hydroxylation is 2. The van der Waals surface area contributed by atoms with Gasteiger partial charge in [0.1, 0.15) is 5.69 Å². The molecule has 0 spiro atoms. The van der Waals surface area contributed by atoms with E-state index in [9.17, 15) is 4.79 Å². The molecule has 0 radical (unpaired) electrons. The van der Waals surface area contributed by atoms with Crippen LogP contribution < -0.4 is 0 Å². The summed E-state index contributed by atoms with van der Waals surface area (Å²) < 4.78 is 1.70. The zero-order valence-electron chi connectivity index (χ0n) is 8.24. The molecular weight excluding hydrogens is 180 g/mol. The number of hydrogen-bond donors (Lipinski definition) is 1. The fraction of sp³-hybridized carbons (Fsp3) is 0.400. The SMILES string of the molecule is CCc1cc(C#CC(=O)O)n(CC)n1. The van der Waals surface area contributed by atoms with E-state index in [0.717, 1.165) is 12.1 Å². The maximum atomic E-state index is 10.2. The van der Waals surface area contributed by atoms with Gasteiger partial charge in [0.25, 0.3) is 0 Å². The molecule has 0 aromatic carbocycles. The van der Waals surface area contributed by atoms with E-state index >= 15 is 0 Å². The Morgan fingerprint density at radius 1 is 1.64 bits per heavy atom. The summed E-state index contributed by atoms with van der Waals surface area (Å²) in [6, 6.07) is 1.82. The van der Waals surface area contributed by atoms with E-state index in [1.165, 1.54) is 0 Å². The molecule has 0 bridgehead atoms. The third-order valence-electron chi connectivity index (χ3n) is 1.79. The first-order valence-electron chi connectivity index (χ1n) is 4.49. The van der Waals surface area contributed by atoms with E-state index in [4.69, 9.17) is 5.11 Å². The van der Waals surface area contributed by atoms with Crippen molar-refractivity contribution in [3.05, 3.63) is 17.5 Å². The molecule has 1 aromatic rings. The van der Waals surface area contributed by atoms with Gasteiger partial charge in [0, 0.05) is 12.5 Å². The second-order valence-corrected chi connectivity index (χ2v) is 2.75. The lowest BCUT2D eigenvalue weighted by molar-refractivity contribution is -0.130.